The van der Waals surface area contributed by atoms with Gasteiger partial charge in [0.15, 0.2) is 0 Å². The summed E-state index contributed by atoms with van der Waals surface area (Å²) < 4.78 is 5.72. The first-order valence-electron chi connectivity index (χ1n) is 9.40. The van der Waals surface area contributed by atoms with Crippen LogP contribution in [0.1, 0.15) is 69.1 Å². The highest BCUT2D eigenvalue weighted by Gasteiger charge is 2.65. The number of aliphatic hydroxyl groups excluding tert-OH is 1. The predicted molar refractivity (Wildman–Crippen MR) is 87.0 cm³/mol. The van der Waals surface area contributed by atoms with Gasteiger partial charge in [0.2, 0.25) is 0 Å². The molecule has 1 aromatic rings. The molecule has 0 amide bonds. The van der Waals surface area contributed by atoms with Gasteiger partial charge < -0.3 is 14.6 Å². The number of hydrogen-bond acceptors (Lipinski definition) is 3. The number of aliphatic hydroxyl groups is 2. The summed E-state index contributed by atoms with van der Waals surface area (Å²) in [6.07, 6.45) is 10.9. The van der Waals surface area contributed by atoms with Gasteiger partial charge in [-0.15, -0.1) is 0 Å². The highest BCUT2D eigenvalue weighted by Crippen LogP contribution is 2.71. The maximum Gasteiger partial charge on any atom is 0.107 e. The van der Waals surface area contributed by atoms with Crippen molar-refractivity contribution in [2.75, 3.05) is 6.61 Å². The maximum absolute atomic E-state index is 10.9. The minimum Gasteiger partial charge on any atom is -0.469 e. The zero-order chi connectivity index (χ0) is 15.9. The molecule has 0 aliphatic heterocycles. The molecular weight excluding hydrogens is 288 g/mol. The van der Waals surface area contributed by atoms with E-state index >= 15 is 0 Å². The third-order valence-corrected chi connectivity index (χ3v) is 8.46. The smallest absolute Gasteiger partial charge is 0.107 e. The van der Waals surface area contributed by atoms with Gasteiger partial charge in [-0.05, 0) is 85.2 Å². The highest BCUT2D eigenvalue weighted by atomic mass is 16.3. The van der Waals surface area contributed by atoms with Crippen LogP contribution in [-0.4, -0.2) is 22.4 Å². The SMILES string of the molecule is C[C@]12CCc3occc3C1CC[C@@]13C[C@@H](CCC12)[C@@](O)(CO)C3. The Bertz CT molecular complexity index is 637. The Kier molecular flexibility index (Phi) is 2.80. The molecule has 1 heterocycles. The lowest BCUT2D eigenvalue weighted by Crippen LogP contribution is -2.51. The van der Waals surface area contributed by atoms with E-state index in [1.54, 1.807) is 0 Å². The molecule has 3 heteroatoms. The summed E-state index contributed by atoms with van der Waals surface area (Å²) in [6, 6.07) is 2.21. The van der Waals surface area contributed by atoms with Crippen LogP contribution in [0.15, 0.2) is 16.7 Å². The normalized spacial score (nSPS) is 51.0. The van der Waals surface area contributed by atoms with Gasteiger partial charge in [-0.1, -0.05) is 6.92 Å². The topological polar surface area (TPSA) is 53.6 Å². The molecule has 2 bridgehead atoms. The van der Waals surface area contributed by atoms with Crippen LogP contribution in [0.25, 0.3) is 0 Å². The second-order valence-electron chi connectivity index (χ2n) is 9.23. The third kappa shape index (κ3) is 1.68. The highest BCUT2D eigenvalue weighted by molar-refractivity contribution is 5.31. The summed E-state index contributed by atoms with van der Waals surface area (Å²) >= 11 is 0. The Morgan fingerprint density at radius 1 is 1.26 bits per heavy atom. The fourth-order valence-electron chi connectivity index (χ4n) is 7.51. The lowest BCUT2D eigenvalue weighted by Gasteiger charge is -2.59. The van der Waals surface area contributed by atoms with Crippen LogP contribution in [0.5, 0.6) is 0 Å². The van der Waals surface area contributed by atoms with Crippen LogP contribution in [0.4, 0.5) is 0 Å². The van der Waals surface area contributed by atoms with Gasteiger partial charge in [0, 0.05) is 6.42 Å². The number of hydrogen-bond donors (Lipinski definition) is 2. The van der Waals surface area contributed by atoms with E-state index in [1.807, 2.05) is 6.26 Å². The van der Waals surface area contributed by atoms with Crippen molar-refractivity contribution in [3.63, 3.8) is 0 Å². The van der Waals surface area contributed by atoms with Gasteiger partial charge in [-0.25, -0.2) is 0 Å². The van der Waals surface area contributed by atoms with Crippen molar-refractivity contribution in [3.05, 3.63) is 23.7 Å². The fourth-order valence-corrected chi connectivity index (χ4v) is 7.51. The van der Waals surface area contributed by atoms with Crippen molar-refractivity contribution in [1.29, 1.82) is 0 Å². The zero-order valence-electron chi connectivity index (χ0n) is 14.1. The fraction of sp³-hybridized carbons (Fsp3) is 0.800. The molecule has 0 aromatic carbocycles. The molecule has 3 saturated carbocycles. The van der Waals surface area contributed by atoms with Crippen LogP contribution in [0.2, 0.25) is 0 Å². The van der Waals surface area contributed by atoms with Gasteiger partial charge >= 0.3 is 0 Å². The number of furan rings is 1. The summed E-state index contributed by atoms with van der Waals surface area (Å²) in [5, 5.41) is 20.7. The molecule has 3 nitrogen and oxygen atoms in total. The van der Waals surface area contributed by atoms with Gasteiger partial charge in [0.05, 0.1) is 18.5 Å². The minimum atomic E-state index is -0.812. The van der Waals surface area contributed by atoms with Crippen LogP contribution in [0, 0.1) is 22.7 Å². The first kappa shape index (κ1) is 14.5. The second-order valence-corrected chi connectivity index (χ2v) is 9.23. The number of aryl methyl sites for hydroxylation is 1. The van der Waals surface area contributed by atoms with Gasteiger partial charge in [-0.2, -0.15) is 0 Å². The Morgan fingerprint density at radius 2 is 2.13 bits per heavy atom. The monoisotopic (exact) mass is 316 g/mol. The average Bonchev–Trinajstić information content (AvgIpc) is 3.09. The van der Waals surface area contributed by atoms with Crippen molar-refractivity contribution in [2.24, 2.45) is 22.7 Å². The second kappa shape index (κ2) is 4.43. The number of rotatable bonds is 1. The largest absolute Gasteiger partial charge is 0.469 e. The third-order valence-electron chi connectivity index (χ3n) is 8.46. The molecule has 126 valence electrons. The van der Waals surface area contributed by atoms with E-state index in [0.717, 1.165) is 25.7 Å². The molecule has 0 radical (unpaired) electrons. The van der Waals surface area contributed by atoms with E-state index in [4.69, 9.17) is 4.42 Å². The molecule has 1 spiro atoms. The molecule has 4 aliphatic carbocycles. The van der Waals surface area contributed by atoms with Gasteiger partial charge in [0.25, 0.3) is 0 Å². The Hall–Kier alpha value is -0.800. The van der Waals surface area contributed by atoms with Crippen molar-refractivity contribution in [1.82, 2.24) is 0 Å². The van der Waals surface area contributed by atoms with Crippen LogP contribution < -0.4 is 0 Å². The first-order chi connectivity index (χ1) is 11.0. The average molecular weight is 316 g/mol. The van der Waals surface area contributed by atoms with Crippen molar-refractivity contribution >= 4 is 0 Å². The summed E-state index contributed by atoms with van der Waals surface area (Å²) in [5.41, 5.74) is 1.26. The van der Waals surface area contributed by atoms with E-state index in [2.05, 4.69) is 13.0 Å². The Labute approximate surface area is 138 Å². The van der Waals surface area contributed by atoms with E-state index in [0.29, 0.717) is 23.2 Å². The van der Waals surface area contributed by atoms with Crippen molar-refractivity contribution < 1.29 is 14.6 Å². The predicted octanol–water partition coefficient (Wildman–Crippen LogP) is 3.64. The zero-order valence-corrected chi connectivity index (χ0v) is 14.1. The number of fused-ring (bicyclic) bond motifs is 5. The van der Waals surface area contributed by atoms with Crippen LogP contribution in [0.3, 0.4) is 0 Å². The van der Waals surface area contributed by atoms with E-state index < -0.39 is 5.60 Å². The molecule has 0 saturated heterocycles. The van der Waals surface area contributed by atoms with Gasteiger partial charge in [0.1, 0.15) is 5.76 Å². The van der Waals surface area contributed by atoms with Crippen molar-refractivity contribution in [2.45, 2.75) is 69.8 Å². The standard InChI is InChI=1S/C20H28O3/c1-18-7-5-16-14(6-9-23-16)15(18)4-8-19-10-13(2-3-17(18)19)20(22,11-19)12-21/h6,9,13,15,17,21-22H,2-5,7-8,10-12H2,1H3/t13-,15?,17?,18+,19+,20+/m1/s1. The molecule has 23 heavy (non-hydrogen) atoms. The quantitative estimate of drug-likeness (QED) is 0.831. The van der Waals surface area contributed by atoms with Gasteiger partial charge in [-0.3, -0.25) is 0 Å². The van der Waals surface area contributed by atoms with E-state index in [9.17, 15) is 10.2 Å². The Balaban J connectivity index is 1.56. The maximum atomic E-state index is 10.9. The molecule has 6 atom stereocenters. The summed E-state index contributed by atoms with van der Waals surface area (Å²) in [7, 11) is 0. The summed E-state index contributed by atoms with van der Waals surface area (Å²) in [4.78, 5) is 0. The first-order valence-corrected chi connectivity index (χ1v) is 9.40. The molecule has 2 unspecified atom stereocenters. The molecular formula is C20H28O3. The molecule has 1 aromatic heterocycles. The van der Waals surface area contributed by atoms with Crippen molar-refractivity contribution in [3.8, 4) is 0 Å². The molecule has 2 N–H and O–H groups in total. The van der Waals surface area contributed by atoms with E-state index in [1.165, 1.54) is 37.0 Å². The van der Waals surface area contributed by atoms with Crippen LogP contribution >= 0.6 is 0 Å². The minimum absolute atomic E-state index is 0.0574. The molecule has 3 fully saturated rings. The summed E-state index contributed by atoms with van der Waals surface area (Å²) in [5.74, 6) is 2.85. The molecule has 4 aliphatic rings. The van der Waals surface area contributed by atoms with E-state index in [-0.39, 0.29) is 12.0 Å². The van der Waals surface area contributed by atoms with Crippen LogP contribution in [-0.2, 0) is 6.42 Å². The lowest BCUT2D eigenvalue weighted by molar-refractivity contribution is -0.0727. The lowest BCUT2D eigenvalue weighted by atomic mass is 9.45. The Morgan fingerprint density at radius 3 is 2.96 bits per heavy atom. The molecule has 5 rings (SSSR count). The summed E-state index contributed by atoms with van der Waals surface area (Å²) in [6.45, 7) is 2.45.